The van der Waals surface area contributed by atoms with Crippen LogP contribution in [-0.4, -0.2) is 43.0 Å². The maximum Gasteiger partial charge on any atom is 0.242 e. The number of nitrogens with zero attached hydrogens (tertiary/aromatic N) is 1. The molecule has 0 aliphatic carbocycles. The van der Waals surface area contributed by atoms with E-state index in [1.165, 1.54) is 0 Å². The largest absolute Gasteiger partial charge is 0.467 e. The first-order valence-electron chi connectivity index (χ1n) is 6.81. The van der Waals surface area contributed by atoms with Gasteiger partial charge in [-0.3, -0.25) is 9.59 Å². The number of amides is 2. The highest BCUT2D eigenvalue weighted by atomic mass is 16.5. The molecule has 1 atom stereocenters. The Morgan fingerprint density at radius 1 is 1.60 bits per heavy atom. The monoisotopic (exact) mass is 280 g/mol. The van der Waals surface area contributed by atoms with E-state index in [-0.39, 0.29) is 11.8 Å². The average Bonchev–Trinajstić information content (AvgIpc) is 3.06. The number of likely N-dealkylation sites (tertiary alicyclic amines) is 1. The van der Waals surface area contributed by atoms with Crippen LogP contribution in [0.3, 0.4) is 0 Å². The minimum atomic E-state index is -0.393. The number of nitrogens with one attached hydrogen (secondary N) is 1. The van der Waals surface area contributed by atoms with Crippen molar-refractivity contribution in [3.8, 4) is 0 Å². The third-order valence-corrected chi connectivity index (χ3v) is 3.36. The SMILES string of the molecule is COCCCNC(=O)[C@H]1CCC(=O)N1Cc1ccco1. The number of ether oxygens (including phenoxy) is 1. The quantitative estimate of drug-likeness (QED) is 0.754. The van der Waals surface area contributed by atoms with Crippen LogP contribution in [-0.2, 0) is 20.9 Å². The Morgan fingerprint density at radius 3 is 3.15 bits per heavy atom. The first-order valence-corrected chi connectivity index (χ1v) is 6.81. The van der Waals surface area contributed by atoms with Gasteiger partial charge in [0, 0.05) is 26.7 Å². The lowest BCUT2D eigenvalue weighted by Crippen LogP contribution is -2.44. The van der Waals surface area contributed by atoms with Crippen molar-refractivity contribution in [2.45, 2.75) is 31.8 Å². The van der Waals surface area contributed by atoms with Gasteiger partial charge in [0.25, 0.3) is 0 Å². The summed E-state index contributed by atoms with van der Waals surface area (Å²) in [6, 6.07) is 3.18. The van der Waals surface area contributed by atoms with Crippen molar-refractivity contribution in [2.75, 3.05) is 20.3 Å². The second kappa shape index (κ2) is 7.09. The molecule has 1 saturated heterocycles. The molecule has 0 spiro atoms. The Balaban J connectivity index is 1.88. The van der Waals surface area contributed by atoms with Crippen molar-refractivity contribution in [3.63, 3.8) is 0 Å². The first-order chi connectivity index (χ1) is 9.72. The summed E-state index contributed by atoms with van der Waals surface area (Å²) in [5.74, 6) is 0.592. The summed E-state index contributed by atoms with van der Waals surface area (Å²) in [7, 11) is 1.63. The minimum absolute atomic E-state index is 0.00144. The summed E-state index contributed by atoms with van der Waals surface area (Å²) in [5.41, 5.74) is 0. The highest BCUT2D eigenvalue weighted by molar-refractivity contribution is 5.90. The van der Waals surface area contributed by atoms with Crippen LogP contribution in [0.4, 0.5) is 0 Å². The van der Waals surface area contributed by atoms with Gasteiger partial charge in [-0.15, -0.1) is 0 Å². The van der Waals surface area contributed by atoms with Gasteiger partial charge in [-0.2, -0.15) is 0 Å². The fraction of sp³-hybridized carbons (Fsp3) is 0.571. The van der Waals surface area contributed by atoms with Gasteiger partial charge >= 0.3 is 0 Å². The third kappa shape index (κ3) is 3.60. The molecule has 110 valence electrons. The van der Waals surface area contributed by atoms with Crippen molar-refractivity contribution in [1.29, 1.82) is 0 Å². The van der Waals surface area contributed by atoms with E-state index >= 15 is 0 Å². The Morgan fingerprint density at radius 2 is 2.45 bits per heavy atom. The van der Waals surface area contributed by atoms with Crippen molar-refractivity contribution in [1.82, 2.24) is 10.2 Å². The summed E-state index contributed by atoms with van der Waals surface area (Å²) >= 11 is 0. The summed E-state index contributed by atoms with van der Waals surface area (Å²) in [4.78, 5) is 25.6. The fourth-order valence-electron chi connectivity index (χ4n) is 2.32. The molecular formula is C14H20N2O4. The van der Waals surface area contributed by atoms with Crippen molar-refractivity contribution < 1.29 is 18.7 Å². The van der Waals surface area contributed by atoms with E-state index in [2.05, 4.69) is 5.32 Å². The topological polar surface area (TPSA) is 71.8 Å². The van der Waals surface area contributed by atoms with Crippen LogP contribution in [0.2, 0.25) is 0 Å². The number of hydrogen-bond donors (Lipinski definition) is 1. The van der Waals surface area contributed by atoms with Crippen molar-refractivity contribution >= 4 is 11.8 Å². The number of hydrogen-bond acceptors (Lipinski definition) is 4. The summed E-state index contributed by atoms with van der Waals surface area (Å²) in [6.45, 7) is 1.52. The van der Waals surface area contributed by atoms with Crippen LogP contribution in [0.5, 0.6) is 0 Å². The van der Waals surface area contributed by atoms with Crippen molar-refractivity contribution in [2.24, 2.45) is 0 Å². The number of carbonyl (C=O) groups excluding carboxylic acids is 2. The lowest BCUT2D eigenvalue weighted by Gasteiger charge is -2.23. The average molecular weight is 280 g/mol. The van der Waals surface area contributed by atoms with Gasteiger partial charge in [0.2, 0.25) is 11.8 Å². The van der Waals surface area contributed by atoms with Gasteiger partial charge in [0.15, 0.2) is 0 Å². The molecule has 0 unspecified atom stereocenters. The molecular weight excluding hydrogens is 260 g/mol. The van der Waals surface area contributed by atoms with Crippen LogP contribution >= 0.6 is 0 Å². The Hall–Kier alpha value is -1.82. The molecule has 1 fully saturated rings. The normalized spacial score (nSPS) is 18.6. The standard InChI is InChI=1S/C14H20N2O4/c1-19-8-3-7-15-14(18)12-5-6-13(17)16(12)10-11-4-2-9-20-11/h2,4,9,12H,3,5-8,10H2,1H3,(H,15,18)/t12-/m1/s1. The van der Waals surface area contributed by atoms with Gasteiger partial charge in [-0.05, 0) is 25.0 Å². The highest BCUT2D eigenvalue weighted by Gasteiger charge is 2.36. The number of methoxy groups -OCH3 is 1. The molecule has 2 rings (SSSR count). The molecule has 1 aliphatic rings. The van der Waals surface area contributed by atoms with E-state index < -0.39 is 6.04 Å². The second-order valence-corrected chi connectivity index (χ2v) is 4.79. The summed E-state index contributed by atoms with van der Waals surface area (Å²) in [5, 5.41) is 2.85. The molecule has 0 radical (unpaired) electrons. The van der Waals surface area contributed by atoms with Crippen LogP contribution in [0.1, 0.15) is 25.0 Å². The van der Waals surface area contributed by atoms with Gasteiger partial charge < -0.3 is 19.4 Å². The molecule has 0 saturated carbocycles. The van der Waals surface area contributed by atoms with Crippen LogP contribution in [0.15, 0.2) is 22.8 Å². The van der Waals surface area contributed by atoms with E-state index in [4.69, 9.17) is 9.15 Å². The smallest absolute Gasteiger partial charge is 0.242 e. The minimum Gasteiger partial charge on any atom is -0.467 e. The van der Waals surface area contributed by atoms with Gasteiger partial charge in [0.05, 0.1) is 12.8 Å². The number of furan rings is 1. The Bertz CT molecular complexity index is 444. The summed E-state index contributed by atoms with van der Waals surface area (Å²) in [6.07, 6.45) is 3.31. The van der Waals surface area contributed by atoms with Crippen LogP contribution in [0, 0.1) is 0 Å². The molecule has 2 heterocycles. The van der Waals surface area contributed by atoms with Crippen molar-refractivity contribution in [3.05, 3.63) is 24.2 Å². The number of rotatable bonds is 7. The molecule has 1 aromatic rings. The molecule has 20 heavy (non-hydrogen) atoms. The Kier molecular flexibility index (Phi) is 5.17. The van der Waals surface area contributed by atoms with E-state index in [1.807, 2.05) is 0 Å². The lowest BCUT2D eigenvalue weighted by atomic mass is 10.2. The molecule has 0 aromatic carbocycles. The van der Waals surface area contributed by atoms with Crippen LogP contribution < -0.4 is 5.32 Å². The lowest BCUT2D eigenvalue weighted by molar-refractivity contribution is -0.136. The van der Waals surface area contributed by atoms with Gasteiger partial charge in [-0.25, -0.2) is 0 Å². The molecule has 0 bridgehead atoms. The highest BCUT2D eigenvalue weighted by Crippen LogP contribution is 2.21. The zero-order valence-electron chi connectivity index (χ0n) is 11.6. The van der Waals surface area contributed by atoms with E-state index in [1.54, 1.807) is 30.4 Å². The molecule has 1 N–H and O–H groups in total. The van der Waals surface area contributed by atoms with E-state index in [9.17, 15) is 9.59 Å². The maximum absolute atomic E-state index is 12.1. The van der Waals surface area contributed by atoms with E-state index in [0.29, 0.717) is 38.3 Å². The zero-order valence-corrected chi connectivity index (χ0v) is 11.6. The van der Waals surface area contributed by atoms with Crippen LogP contribution in [0.25, 0.3) is 0 Å². The molecule has 6 heteroatoms. The van der Waals surface area contributed by atoms with Gasteiger partial charge in [0.1, 0.15) is 11.8 Å². The van der Waals surface area contributed by atoms with E-state index in [0.717, 1.165) is 6.42 Å². The first kappa shape index (κ1) is 14.6. The fourth-order valence-corrected chi connectivity index (χ4v) is 2.32. The summed E-state index contributed by atoms with van der Waals surface area (Å²) < 4.78 is 10.2. The zero-order chi connectivity index (χ0) is 14.4. The predicted octanol–water partition coefficient (Wildman–Crippen LogP) is 0.923. The molecule has 6 nitrogen and oxygen atoms in total. The molecule has 1 aliphatic heterocycles. The Labute approximate surface area is 118 Å². The van der Waals surface area contributed by atoms with Gasteiger partial charge in [-0.1, -0.05) is 0 Å². The third-order valence-electron chi connectivity index (χ3n) is 3.36. The maximum atomic E-state index is 12.1. The predicted molar refractivity (Wildman–Crippen MR) is 71.8 cm³/mol. The number of carbonyl (C=O) groups is 2. The second-order valence-electron chi connectivity index (χ2n) is 4.79. The molecule has 1 aromatic heterocycles. The molecule has 2 amide bonds.